The lowest BCUT2D eigenvalue weighted by Gasteiger charge is -2.32. The molecule has 0 fully saturated rings. The van der Waals surface area contributed by atoms with Gasteiger partial charge in [0.15, 0.2) is 0 Å². The fraction of sp³-hybridized carbons (Fsp3) is 0.600. The zero-order valence-electron chi connectivity index (χ0n) is 12.7. The highest BCUT2D eigenvalue weighted by Crippen LogP contribution is 2.39. The molecule has 108 valence electrons. The van der Waals surface area contributed by atoms with E-state index in [4.69, 9.17) is 15.2 Å². The van der Waals surface area contributed by atoms with Gasteiger partial charge in [-0.3, -0.25) is 0 Å². The molecule has 0 heterocycles. The number of aryl methyl sites for hydroxylation is 1. The number of aliphatic hydroxyl groups is 1. The summed E-state index contributed by atoms with van der Waals surface area (Å²) in [5.41, 5.74) is 7.63. The van der Waals surface area contributed by atoms with Gasteiger partial charge >= 0.3 is 0 Å². The summed E-state index contributed by atoms with van der Waals surface area (Å²) < 4.78 is 10.8. The Bertz CT molecular complexity index is 413. The number of methoxy groups -OCH3 is 2. The third kappa shape index (κ3) is 3.39. The Balaban J connectivity index is 3.32. The number of nitrogens with two attached hydrogens (primary N) is 1. The predicted octanol–water partition coefficient (Wildman–Crippen LogP) is 2.42. The van der Waals surface area contributed by atoms with E-state index in [1.807, 2.05) is 39.8 Å². The van der Waals surface area contributed by atoms with Gasteiger partial charge in [-0.2, -0.15) is 0 Å². The topological polar surface area (TPSA) is 64.7 Å². The maximum Gasteiger partial charge on any atom is 0.127 e. The van der Waals surface area contributed by atoms with Crippen molar-refractivity contribution in [2.75, 3.05) is 14.2 Å². The van der Waals surface area contributed by atoms with Crippen molar-refractivity contribution < 1.29 is 14.6 Å². The lowest BCUT2D eigenvalue weighted by Crippen LogP contribution is -2.37. The Kier molecular flexibility index (Phi) is 4.82. The Morgan fingerprint density at radius 3 is 1.84 bits per heavy atom. The van der Waals surface area contributed by atoms with E-state index in [9.17, 15) is 5.11 Å². The quantitative estimate of drug-likeness (QED) is 0.879. The van der Waals surface area contributed by atoms with Gasteiger partial charge in [0.05, 0.1) is 31.9 Å². The van der Waals surface area contributed by atoms with Crippen LogP contribution in [0.1, 0.15) is 37.9 Å². The van der Waals surface area contributed by atoms with Crippen LogP contribution in [-0.4, -0.2) is 25.4 Å². The number of benzene rings is 1. The SMILES string of the molecule is COc1cc(C)cc(OC)c1[C@H](N)[C@H](O)C(C)(C)C. The van der Waals surface area contributed by atoms with Crippen LogP contribution in [0.5, 0.6) is 11.5 Å². The van der Waals surface area contributed by atoms with Crippen molar-refractivity contribution in [2.24, 2.45) is 11.1 Å². The number of aliphatic hydroxyl groups excluding tert-OH is 1. The minimum Gasteiger partial charge on any atom is -0.496 e. The highest BCUT2D eigenvalue weighted by molar-refractivity contribution is 5.50. The standard InChI is InChI=1S/C15H25NO3/c1-9-7-10(18-5)12(11(8-9)19-6)13(16)14(17)15(2,3)4/h7-8,13-14,17H,16H2,1-6H3/t13-,14-/m0/s1. The lowest BCUT2D eigenvalue weighted by molar-refractivity contribution is 0.0388. The lowest BCUT2D eigenvalue weighted by atomic mass is 9.82. The molecule has 0 amide bonds. The average Bonchev–Trinajstić information content (AvgIpc) is 2.34. The molecule has 1 aromatic rings. The highest BCUT2D eigenvalue weighted by Gasteiger charge is 2.32. The first-order valence-corrected chi connectivity index (χ1v) is 6.38. The molecule has 2 atom stereocenters. The molecule has 3 N–H and O–H groups in total. The van der Waals surface area contributed by atoms with E-state index < -0.39 is 12.1 Å². The molecular formula is C15H25NO3. The van der Waals surface area contributed by atoms with Crippen LogP contribution in [0.3, 0.4) is 0 Å². The van der Waals surface area contributed by atoms with Crippen molar-refractivity contribution in [1.29, 1.82) is 0 Å². The monoisotopic (exact) mass is 267 g/mol. The van der Waals surface area contributed by atoms with Crippen LogP contribution in [0.4, 0.5) is 0 Å². The summed E-state index contributed by atoms with van der Waals surface area (Å²) in [5.74, 6) is 1.29. The minimum absolute atomic E-state index is 0.319. The molecule has 0 aromatic heterocycles. The second kappa shape index (κ2) is 5.80. The van der Waals surface area contributed by atoms with Crippen molar-refractivity contribution in [1.82, 2.24) is 0 Å². The molecule has 0 saturated carbocycles. The summed E-state index contributed by atoms with van der Waals surface area (Å²) in [4.78, 5) is 0. The first-order chi connectivity index (χ1) is 8.72. The minimum atomic E-state index is -0.696. The second-order valence-corrected chi connectivity index (χ2v) is 5.92. The summed E-state index contributed by atoms with van der Waals surface area (Å²) in [6.45, 7) is 7.81. The van der Waals surface area contributed by atoms with Gasteiger partial charge in [0.1, 0.15) is 11.5 Å². The van der Waals surface area contributed by atoms with Crippen molar-refractivity contribution in [2.45, 2.75) is 39.8 Å². The number of rotatable bonds is 4. The maximum absolute atomic E-state index is 10.4. The zero-order valence-corrected chi connectivity index (χ0v) is 12.7. The van der Waals surface area contributed by atoms with Crippen LogP contribution in [-0.2, 0) is 0 Å². The molecule has 4 nitrogen and oxygen atoms in total. The van der Waals surface area contributed by atoms with Crippen LogP contribution in [0.25, 0.3) is 0 Å². The summed E-state index contributed by atoms with van der Waals surface area (Å²) in [5, 5.41) is 10.4. The van der Waals surface area contributed by atoms with Crippen LogP contribution >= 0.6 is 0 Å². The van der Waals surface area contributed by atoms with Gasteiger partial charge in [-0.15, -0.1) is 0 Å². The van der Waals surface area contributed by atoms with Crippen molar-refractivity contribution in [3.63, 3.8) is 0 Å². The fourth-order valence-corrected chi connectivity index (χ4v) is 2.09. The van der Waals surface area contributed by atoms with Gasteiger partial charge in [0, 0.05) is 0 Å². The third-order valence-electron chi connectivity index (χ3n) is 3.25. The summed E-state index contributed by atoms with van der Waals surface area (Å²) in [6, 6.07) is 3.23. The van der Waals surface area contributed by atoms with Gasteiger partial charge in [-0.05, 0) is 30.0 Å². The van der Waals surface area contributed by atoms with Gasteiger partial charge in [-0.1, -0.05) is 20.8 Å². The van der Waals surface area contributed by atoms with Gasteiger partial charge in [0.2, 0.25) is 0 Å². The molecule has 19 heavy (non-hydrogen) atoms. The van der Waals surface area contributed by atoms with E-state index in [1.165, 1.54) is 0 Å². The molecule has 0 bridgehead atoms. The molecule has 0 spiro atoms. The number of ether oxygens (including phenoxy) is 2. The smallest absolute Gasteiger partial charge is 0.127 e. The van der Waals surface area contributed by atoms with E-state index >= 15 is 0 Å². The first kappa shape index (κ1) is 15.8. The first-order valence-electron chi connectivity index (χ1n) is 6.38. The fourth-order valence-electron chi connectivity index (χ4n) is 2.09. The van der Waals surface area contributed by atoms with Crippen LogP contribution in [0, 0.1) is 12.3 Å². The molecule has 0 aliphatic carbocycles. The summed E-state index contributed by atoms with van der Waals surface area (Å²) in [6.07, 6.45) is -0.696. The van der Waals surface area contributed by atoms with E-state index in [2.05, 4.69) is 0 Å². The summed E-state index contributed by atoms with van der Waals surface area (Å²) >= 11 is 0. The number of hydrogen-bond acceptors (Lipinski definition) is 4. The van der Waals surface area contributed by atoms with Gasteiger partial charge in [0.25, 0.3) is 0 Å². The molecule has 1 aromatic carbocycles. The van der Waals surface area contributed by atoms with Gasteiger partial charge in [-0.25, -0.2) is 0 Å². The third-order valence-corrected chi connectivity index (χ3v) is 3.25. The normalized spacial score (nSPS) is 14.9. The highest BCUT2D eigenvalue weighted by atomic mass is 16.5. The Hall–Kier alpha value is -1.26. The molecular weight excluding hydrogens is 242 g/mol. The van der Waals surface area contributed by atoms with Gasteiger partial charge < -0.3 is 20.3 Å². The predicted molar refractivity (Wildman–Crippen MR) is 76.7 cm³/mol. The molecule has 0 aliphatic rings. The number of hydrogen-bond donors (Lipinski definition) is 2. The average molecular weight is 267 g/mol. The van der Waals surface area contributed by atoms with E-state index in [0.29, 0.717) is 17.1 Å². The Labute approximate surface area is 115 Å². The van der Waals surface area contributed by atoms with E-state index in [0.717, 1.165) is 5.56 Å². The van der Waals surface area contributed by atoms with Crippen molar-refractivity contribution in [3.8, 4) is 11.5 Å². The molecule has 0 aliphatic heterocycles. The molecule has 0 unspecified atom stereocenters. The molecule has 4 heteroatoms. The van der Waals surface area contributed by atoms with Crippen molar-refractivity contribution in [3.05, 3.63) is 23.3 Å². The second-order valence-electron chi connectivity index (χ2n) is 5.92. The van der Waals surface area contributed by atoms with Crippen LogP contribution in [0.2, 0.25) is 0 Å². The van der Waals surface area contributed by atoms with Crippen LogP contribution < -0.4 is 15.2 Å². The van der Waals surface area contributed by atoms with E-state index in [1.54, 1.807) is 14.2 Å². The zero-order chi connectivity index (χ0) is 14.8. The molecule has 0 saturated heterocycles. The van der Waals surface area contributed by atoms with E-state index in [-0.39, 0.29) is 5.41 Å². The maximum atomic E-state index is 10.4. The largest absolute Gasteiger partial charge is 0.496 e. The van der Waals surface area contributed by atoms with Crippen molar-refractivity contribution >= 4 is 0 Å². The molecule has 0 radical (unpaired) electrons. The van der Waals surface area contributed by atoms with Crippen LogP contribution in [0.15, 0.2) is 12.1 Å². The summed E-state index contributed by atoms with van der Waals surface area (Å²) in [7, 11) is 3.18. The molecule has 1 rings (SSSR count). The Morgan fingerprint density at radius 2 is 1.53 bits per heavy atom. The Morgan fingerprint density at radius 1 is 1.11 bits per heavy atom.